The highest BCUT2D eigenvalue weighted by atomic mass is 79.9. The van der Waals surface area contributed by atoms with E-state index in [9.17, 15) is 8.78 Å². The van der Waals surface area contributed by atoms with Crippen LogP contribution in [0.3, 0.4) is 0 Å². The number of hydrogen-bond donors (Lipinski definition) is 1. The third-order valence-corrected chi connectivity index (χ3v) is 3.74. The van der Waals surface area contributed by atoms with Crippen LogP contribution in [0.4, 0.5) is 14.5 Å². The van der Waals surface area contributed by atoms with E-state index in [1.54, 1.807) is 6.07 Å². The lowest BCUT2D eigenvalue weighted by atomic mass is 10.2. The molecule has 0 aromatic heterocycles. The Balaban J connectivity index is 2.14. The fourth-order valence-electron chi connectivity index (χ4n) is 1.51. The molecule has 94 valence electrons. The van der Waals surface area contributed by atoms with E-state index in [1.807, 2.05) is 18.2 Å². The van der Waals surface area contributed by atoms with Gasteiger partial charge in [0.25, 0.3) is 0 Å². The van der Waals surface area contributed by atoms with E-state index in [-0.39, 0.29) is 0 Å². The Kier molecular flexibility index (Phi) is 4.35. The number of benzene rings is 2. The van der Waals surface area contributed by atoms with Crippen molar-refractivity contribution in [3.8, 4) is 0 Å². The van der Waals surface area contributed by atoms with Gasteiger partial charge in [0.15, 0.2) is 11.6 Å². The first kappa shape index (κ1) is 13.5. The molecule has 1 nitrogen and oxygen atoms in total. The number of rotatable bonds is 3. The van der Waals surface area contributed by atoms with Gasteiger partial charge in [0, 0.05) is 15.5 Å². The van der Waals surface area contributed by atoms with Crippen molar-refractivity contribution < 1.29 is 8.78 Å². The van der Waals surface area contributed by atoms with Crippen LogP contribution in [0.25, 0.3) is 0 Å². The maximum Gasteiger partial charge on any atom is 0.159 e. The molecule has 2 aromatic rings. The zero-order chi connectivity index (χ0) is 13.1. The van der Waals surface area contributed by atoms with E-state index in [1.165, 1.54) is 6.07 Å². The average Bonchev–Trinajstić information content (AvgIpc) is 2.33. The van der Waals surface area contributed by atoms with Gasteiger partial charge in [-0.2, -0.15) is 0 Å². The Morgan fingerprint density at radius 2 is 1.61 bits per heavy atom. The predicted molar refractivity (Wildman–Crippen MR) is 75.5 cm³/mol. The molecule has 0 fully saturated rings. The summed E-state index contributed by atoms with van der Waals surface area (Å²) in [5.74, 6) is -1.67. The minimum absolute atomic E-state index is 0.415. The number of hydrogen-bond acceptors (Lipinski definition) is 1. The summed E-state index contributed by atoms with van der Waals surface area (Å²) in [5.41, 5.74) is 1.55. The molecule has 0 bridgehead atoms. The zero-order valence-electron chi connectivity index (χ0n) is 9.18. The molecule has 0 amide bonds. The molecule has 0 saturated heterocycles. The molecule has 0 saturated carbocycles. The van der Waals surface area contributed by atoms with Gasteiger partial charge in [-0.1, -0.05) is 12.1 Å². The van der Waals surface area contributed by atoms with Crippen molar-refractivity contribution >= 4 is 37.5 Å². The maximum absolute atomic E-state index is 13.0. The first-order valence-corrected chi connectivity index (χ1v) is 6.78. The highest BCUT2D eigenvalue weighted by Gasteiger charge is 2.06. The SMILES string of the molecule is Fc1ccc(CNc2c(Br)cccc2Br)cc1F. The maximum atomic E-state index is 13.0. The highest BCUT2D eigenvalue weighted by Crippen LogP contribution is 2.30. The second-order valence-corrected chi connectivity index (χ2v) is 5.41. The Labute approximate surface area is 120 Å². The summed E-state index contributed by atoms with van der Waals surface area (Å²) in [4.78, 5) is 0. The molecule has 2 rings (SSSR count). The molecule has 0 spiro atoms. The predicted octanol–water partition coefficient (Wildman–Crippen LogP) is 5.10. The van der Waals surface area contributed by atoms with Crippen molar-refractivity contribution in [3.63, 3.8) is 0 Å². The first-order chi connectivity index (χ1) is 8.58. The molecule has 0 aliphatic rings. The second-order valence-electron chi connectivity index (χ2n) is 3.70. The molecule has 0 heterocycles. The van der Waals surface area contributed by atoms with Crippen LogP contribution in [0.5, 0.6) is 0 Å². The van der Waals surface area contributed by atoms with Crippen LogP contribution in [0.1, 0.15) is 5.56 Å². The summed E-state index contributed by atoms with van der Waals surface area (Å²) in [5, 5.41) is 3.16. The van der Waals surface area contributed by atoms with Crippen LogP contribution >= 0.6 is 31.9 Å². The highest BCUT2D eigenvalue weighted by molar-refractivity contribution is 9.11. The monoisotopic (exact) mass is 375 g/mol. The minimum Gasteiger partial charge on any atom is -0.379 e. The van der Waals surface area contributed by atoms with Crippen LogP contribution < -0.4 is 5.32 Å². The largest absolute Gasteiger partial charge is 0.379 e. The van der Waals surface area contributed by atoms with E-state index in [4.69, 9.17) is 0 Å². The van der Waals surface area contributed by atoms with Crippen LogP contribution in [-0.2, 0) is 6.54 Å². The van der Waals surface area contributed by atoms with E-state index in [0.29, 0.717) is 12.1 Å². The summed E-state index contributed by atoms with van der Waals surface area (Å²) in [6.07, 6.45) is 0. The van der Waals surface area contributed by atoms with E-state index >= 15 is 0 Å². The lowest BCUT2D eigenvalue weighted by Gasteiger charge is -2.10. The molecule has 0 aliphatic carbocycles. The van der Waals surface area contributed by atoms with Gasteiger partial charge < -0.3 is 5.32 Å². The van der Waals surface area contributed by atoms with Gasteiger partial charge in [0.2, 0.25) is 0 Å². The van der Waals surface area contributed by atoms with Crippen LogP contribution in [0.2, 0.25) is 0 Å². The molecule has 18 heavy (non-hydrogen) atoms. The molecular weight excluding hydrogens is 368 g/mol. The number of para-hydroxylation sites is 1. The summed E-state index contributed by atoms with van der Waals surface area (Å²) in [6, 6.07) is 9.57. The second kappa shape index (κ2) is 5.80. The van der Waals surface area contributed by atoms with Crippen molar-refractivity contribution in [2.75, 3.05) is 5.32 Å². The van der Waals surface area contributed by atoms with Gasteiger partial charge in [-0.15, -0.1) is 0 Å². The van der Waals surface area contributed by atoms with Gasteiger partial charge in [-0.3, -0.25) is 0 Å². The first-order valence-electron chi connectivity index (χ1n) is 5.20. The van der Waals surface area contributed by atoms with Crippen molar-refractivity contribution in [1.29, 1.82) is 0 Å². The molecule has 5 heteroatoms. The van der Waals surface area contributed by atoms with Crippen molar-refractivity contribution in [3.05, 3.63) is 62.5 Å². The van der Waals surface area contributed by atoms with Gasteiger partial charge in [0.05, 0.1) is 5.69 Å². The smallest absolute Gasteiger partial charge is 0.159 e. The van der Waals surface area contributed by atoms with E-state index in [0.717, 1.165) is 20.7 Å². The fraction of sp³-hybridized carbons (Fsp3) is 0.0769. The van der Waals surface area contributed by atoms with Gasteiger partial charge >= 0.3 is 0 Å². The topological polar surface area (TPSA) is 12.0 Å². The van der Waals surface area contributed by atoms with E-state index in [2.05, 4.69) is 37.2 Å². The summed E-state index contributed by atoms with van der Waals surface area (Å²) >= 11 is 6.84. The molecule has 0 unspecified atom stereocenters. The minimum atomic E-state index is -0.833. The lowest BCUT2D eigenvalue weighted by molar-refractivity contribution is 0.507. The Morgan fingerprint density at radius 3 is 2.22 bits per heavy atom. The van der Waals surface area contributed by atoms with Gasteiger partial charge in [-0.05, 0) is 61.7 Å². The molecule has 2 aromatic carbocycles. The molecule has 0 atom stereocenters. The summed E-state index contributed by atoms with van der Waals surface area (Å²) in [7, 11) is 0. The quantitative estimate of drug-likeness (QED) is 0.785. The van der Waals surface area contributed by atoms with Crippen LogP contribution in [-0.4, -0.2) is 0 Å². The number of nitrogens with one attached hydrogen (secondary N) is 1. The van der Waals surface area contributed by atoms with Gasteiger partial charge in [-0.25, -0.2) is 8.78 Å². The molecular formula is C13H9Br2F2N. The Bertz CT molecular complexity index is 553. The molecule has 0 aliphatic heterocycles. The lowest BCUT2D eigenvalue weighted by Crippen LogP contribution is -2.01. The Hall–Kier alpha value is -0.940. The number of anilines is 1. The summed E-state index contributed by atoms with van der Waals surface area (Å²) < 4.78 is 27.6. The third-order valence-electron chi connectivity index (χ3n) is 2.42. The Morgan fingerprint density at radius 1 is 0.944 bits per heavy atom. The standard InChI is InChI=1S/C13H9Br2F2N/c14-9-2-1-3-10(15)13(9)18-7-8-4-5-11(16)12(17)6-8/h1-6,18H,7H2. The molecule has 0 radical (unpaired) electrons. The van der Waals surface area contributed by atoms with E-state index < -0.39 is 11.6 Å². The number of halogens is 4. The van der Waals surface area contributed by atoms with Crippen LogP contribution in [0, 0.1) is 11.6 Å². The third kappa shape index (κ3) is 3.09. The average molecular weight is 377 g/mol. The normalized spacial score (nSPS) is 10.4. The van der Waals surface area contributed by atoms with Crippen molar-refractivity contribution in [2.45, 2.75) is 6.54 Å². The zero-order valence-corrected chi connectivity index (χ0v) is 12.4. The van der Waals surface area contributed by atoms with Crippen molar-refractivity contribution in [1.82, 2.24) is 0 Å². The fourth-order valence-corrected chi connectivity index (χ4v) is 2.79. The summed E-state index contributed by atoms with van der Waals surface area (Å²) in [6.45, 7) is 0.415. The van der Waals surface area contributed by atoms with Gasteiger partial charge in [0.1, 0.15) is 0 Å². The van der Waals surface area contributed by atoms with Crippen LogP contribution in [0.15, 0.2) is 45.3 Å². The molecule has 1 N–H and O–H groups in total. The van der Waals surface area contributed by atoms with Crippen molar-refractivity contribution in [2.24, 2.45) is 0 Å².